The van der Waals surface area contributed by atoms with E-state index in [9.17, 15) is 4.79 Å². The van der Waals surface area contributed by atoms with Gasteiger partial charge in [0, 0.05) is 0 Å². The van der Waals surface area contributed by atoms with Crippen molar-refractivity contribution >= 4 is 5.97 Å². The number of aliphatic carboxylic acids is 1. The van der Waals surface area contributed by atoms with Gasteiger partial charge in [-0.2, -0.15) is 0 Å². The summed E-state index contributed by atoms with van der Waals surface area (Å²) in [5, 5.41) is 8.84. The average Bonchev–Trinajstić information content (AvgIpc) is 1.85. The highest BCUT2D eigenvalue weighted by Gasteiger charge is 2.34. The zero-order chi connectivity index (χ0) is 8.48. The predicted octanol–water partition coefficient (Wildman–Crippen LogP) is 2.06. The van der Waals surface area contributed by atoms with Gasteiger partial charge in [-0.25, -0.2) is 0 Å². The van der Waals surface area contributed by atoms with Crippen molar-refractivity contribution in [1.29, 1.82) is 0 Å². The fraction of sp³-hybridized carbons (Fsp3) is 0.667. The third kappa shape index (κ3) is 1.62. The summed E-state index contributed by atoms with van der Waals surface area (Å²) in [6, 6.07) is 0. The van der Waals surface area contributed by atoms with Gasteiger partial charge < -0.3 is 5.11 Å². The van der Waals surface area contributed by atoms with Gasteiger partial charge in [0.2, 0.25) is 0 Å². The fourth-order valence-corrected chi connectivity index (χ4v) is 1.52. The van der Waals surface area contributed by atoms with Crippen LogP contribution in [0.4, 0.5) is 0 Å². The van der Waals surface area contributed by atoms with Crippen LogP contribution in [0.3, 0.4) is 0 Å². The number of rotatable bonds is 1. The molecular weight excluding hydrogens is 140 g/mol. The van der Waals surface area contributed by atoms with E-state index < -0.39 is 5.97 Å². The van der Waals surface area contributed by atoms with Gasteiger partial charge in [0.1, 0.15) is 0 Å². The zero-order valence-electron chi connectivity index (χ0n) is 7.00. The summed E-state index contributed by atoms with van der Waals surface area (Å²) in [6.45, 7) is 4.02. The van der Waals surface area contributed by atoms with Crippen LogP contribution in [-0.4, -0.2) is 11.1 Å². The first-order valence-corrected chi connectivity index (χ1v) is 3.92. The van der Waals surface area contributed by atoms with Gasteiger partial charge in [-0.3, -0.25) is 4.79 Å². The zero-order valence-corrected chi connectivity index (χ0v) is 7.00. The van der Waals surface area contributed by atoms with Crippen LogP contribution in [0.15, 0.2) is 12.2 Å². The van der Waals surface area contributed by atoms with Crippen molar-refractivity contribution in [3.8, 4) is 0 Å². The number of carboxylic acids is 1. The van der Waals surface area contributed by atoms with Crippen LogP contribution in [0.5, 0.6) is 0 Å². The lowest BCUT2D eigenvalue weighted by atomic mass is 9.72. The molecule has 0 aromatic rings. The highest BCUT2D eigenvalue weighted by molar-refractivity contribution is 5.71. The first-order valence-electron chi connectivity index (χ1n) is 3.92. The molecule has 0 aromatic carbocycles. The fourth-order valence-electron chi connectivity index (χ4n) is 1.52. The molecule has 0 aromatic heterocycles. The SMILES string of the molecule is CC1(C)CC=CCC1C(=O)O. The molecule has 1 aliphatic carbocycles. The van der Waals surface area contributed by atoms with Crippen molar-refractivity contribution in [2.24, 2.45) is 11.3 Å². The van der Waals surface area contributed by atoms with E-state index in [0.29, 0.717) is 6.42 Å². The van der Waals surface area contributed by atoms with Gasteiger partial charge in [-0.1, -0.05) is 26.0 Å². The Balaban J connectivity index is 2.78. The third-order valence-electron chi connectivity index (χ3n) is 2.42. The minimum Gasteiger partial charge on any atom is -0.481 e. The second-order valence-electron chi connectivity index (χ2n) is 3.79. The van der Waals surface area contributed by atoms with Crippen molar-refractivity contribution < 1.29 is 9.90 Å². The molecule has 0 radical (unpaired) electrons. The molecule has 11 heavy (non-hydrogen) atoms. The number of carbonyl (C=O) groups is 1. The molecule has 0 saturated carbocycles. The van der Waals surface area contributed by atoms with Crippen molar-refractivity contribution in [2.75, 3.05) is 0 Å². The summed E-state index contributed by atoms with van der Waals surface area (Å²) >= 11 is 0. The summed E-state index contributed by atoms with van der Waals surface area (Å²) < 4.78 is 0. The van der Waals surface area contributed by atoms with Crippen LogP contribution in [0.25, 0.3) is 0 Å². The third-order valence-corrected chi connectivity index (χ3v) is 2.42. The van der Waals surface area contributed by atoms with Crippen LogP contribution in [0, 0.1) is 11.3 Å². The molecule has 1 atom stereocenters. The molecule has 0 fully saturated rings. The second kappa shape index (κ2) is 2.68. The molecule has 2 heteroatoms. The van der Waals surface area contributed by atoms with E-state index in [2.05, 4.69) is 6.08 Å². The van der Waals surface area contributed by atoms with Crippen molar-refractivity contribution in [3.05, 3.63) is 12.2 Å². The molecule has 1 N–H and O–H groups in total. The van der Waals surface area contributed by atoms with E-state index in [1.54, 1.807) is 0 Å². The maximum absolute atomic E-state index is 10.7. The Hall–Kier alpha value is -0.790. The van der Waals surface area contributed by atoms with Crippen LogP contribution >= 0.6 is 0 Å². The minimum absolute atomic E-state index is 0.0689. The molecule has 0 bridgehead atoms. The van der Waals surface area contributed by atoms with Gasteiger partial charge in [0.05, 0.1) is 5.92 Å². The Morgan fingerprint density at radius 3 is 2.55 bits per heavy atom. The van der Waals surface area contributed by atoms with Crippen molar-refractivity contribution in [2.45, 2.75) is 26.7 Å². The molecular formula is C9H14O2. The summed E-state index contributed by atoms with van der Waals surface area (Å²) in [6.07, 6.45) is 5.59. The Labute approximate surface area is 66.9 Å². The summed E-state index contributed by atoms with van der Waals surface area (Å²) in [4.78, 5) is 10.7. The molecule has 2 nitrogen and oxygen atoms in total. The summed E-state index contributed by atoms with van der Waals surface area (Å²) in [5.74, 6) is -0.869. The normalized spacial score (nSPS) is 28.4. The molecule has 1 aliphatic rings. The second-order valence-corrected chi connectivity index (χ2v) is 3.79. The first kappa shape index (κ1) is 8.31. The Bertz CT molecular complexity index is 192. The Morgan fingerprint density at radius 2 is 2.18 bits per heavy atom. The molecule has 0 aliphatic heterocycles. The van der Waals surface area contributed by atoms with Crippen molar-refractivity contribution in [1.82, 2.24) is 0 Å². The maximum atomic E-state index is 10.7. The van der Waals surface area contributed by atoms with Gasteiger partial charge in [0.15, 0.2) is 0 Å². The minimum atomic E-state index is -0.667. The van der Waals surface area contributed by atoms with Gasteiger partial charge >= 0.3 is 5.97 Å². The molecule has 62 valence electrons. The topological polar surface area (TPSA) is 37.3 Å². The van der Waals surface area contributed by atoms with Crippen LogP contribution in [0.2, 0.25) is 0 Å². The van der Waals surface area contributed by atoms with Crippen molar-refractivity contribution in [3.63, 3.8) is 0 Å². The Kier molecular flexibility index (Phi) is 2.03. The lowest BCUT2D eigenvalue weighted by molar-refractivity contribution is -0.145. The molecule has 0 spiro atoms. The quantitative estimate of drug-likeness (QED) is 0.587. The maximum Gasteiger partial charge on any atom is 0.307 e. The van der Waals surface area contributed by atoms with Gasteiger partial charge in [-0.15, -0.1) is 0 Å². The van der Waals surface area contributed by atoms with E-state index >= 15 is 0 Å². The van der Waals surface area contributed by atoms with E-state index in [-0.39, 0.29) is 11.3 Å². The first-order chi connectivity index (χ1) is 5.04. The highest BCUT2D eigenvalue weighted by Crippen LogP contribution is 2.37. The summed E-state index contributed by atoms with van der Waals surface area (Å²) in [5.41, 5.74) is -0.0689. The van der Waals surface area contributed by atoms with Gasteiger partial charge in [0.25, 0.3) is 0 Å². The molecule has 1 unspecified atom stereocenters. The van der Waals surface area contributed by atoms with E-state index in [0.717, 1.165) is 6.42 Å². The molecule has 0 amide bonds. The van der Waals surface area contributed by atoms with Crippen LogP contribution in [-0.2, 0) is 4.79 Å². The number of carboxylic acid groups (broad SMARTS) is 1. The number of allylic oxidation sites excluding steroid dienone is 2. The molecule has 1 rings (SSSR count). The number of hydrogen-bond acceptors (Lipinski definition) is 1. The number of hydrogen-bond donors (Lipinski definition) is 1. The summed E-state index contributed by atoms with van der Waals surface area (Å²) in [7, 11) is 0. The molecule has 0 saturated heterocycles. The smallest absolute Gasteiger partial charge is 0.307 e. The highest BCUT2D eigenvalue weighted by atomic mass is 16.4. The standard InChI is InChI=1S/C9H14O2/c1-9(2)6-4-3-5-7(9)8(10)11/h3-4,7H,5-6H2,1-2H3,(H,10,11). The van der Waals surface area contributed by atoms with Crippen LogP contribution in [0.1, 0.15) is 26.7 Å². The van der Waals surface area contributed by atoms with E-state index in [4.69, 9.17) is 5.11 Å². The molecule has 0 heterocycles. The largest absolute Gasteiger partial charge is 0.481 e. The monoisotopic (exact) mass is 154 g/mol. The van der Waals surface area contributed by atoms with E-state index in [1.165, 1.54) is 0 Å². The van der Waals surface area contributed by atoms with Crippen LogP contribution < -0.4 is 0 Å². The lowest BCUT2D eigenvalue weighted by Crippen LogP contribution is -2.31. The predicted molar refractivity (Wildman–Crippen MR) is 43.3 cm³/mol. The van der Waals surface area contributed by atoms with Gasteiger partial charge in [-0.05, 0) is 18.3 Å². The van der Waals surface area contributed by atoms with E-state index in [1.807, 2.05) is 19.9 Å². The lowest BCUT2D eigenvalue weighted by Gasteiger charge is -2.32. The average molecular weight is 154 g/mol. The Morgan fingerprint density at radius 1 is 1.55 bits per heavy atom.